The fourth-order valence-corrected chi connectivity index (χ4v) is 3.34. The standard InChI is InChI=1S/C25H40O4/c1-6-10-12-20(8-3)17-28-24(26)22-15-14-19(5)16-23(22)25(27)29-18-21(9-4)13-11-7-2/h14-16,20-21H,6-13,17-18H2,1-5H3. The lowest BCUT2D eigenvalue weighted by molar-refractivity contribution is 0.0381. The predicted molar refractivity (Wildman–Crippen MR) is 118 cm³/mol. The third-order valence-electron chi connectivity index (χ3n) is 5.60. The van der Waals surface area contributed by atoms with Gasteiger partial charge in [0.15, 0.2) is 0 Å². The Morgan fingerprint density at radius 2 is 1.28 bits per heavy atom. The molecule has 164 valence electrons. The maximum atomic E-state index is 12.7. The second kappa shape index (κ2) is 14.2. The zero-order valence-corrected chi connectivity index (χ0v) is 19.1. The van der Waals surface area contributed by atoms with Crippen LogP contribution in [0.15, 0.2) is 18.2 Å². The van der Waals surface area contributed by atoms with Crippen LogP contribution in [0.1, 0.15) is 105 Å². The minimum absolute atomic E-state index is 0.299. The minimum Gasteiger partial charge on any atom is -0.462 e. The zero-order valence-electron chi connectivity index (χ0n) is 19.1. The van der Waals surface area contributed by atoms with Crippen LogP contribution in [-0.4, -0.2) is 25.2 Å². The summed E-state index contributed by atoms with van der Waals surface area (Å²) in [7, 11) is 0. The molecule has 0 aliphatic carbocycles. The van der Waals surface area contributed by atoms with E-state index >= 15 is 0 Å². The van der Waals surface area contributed by atoms with E-state index in [2.05, 4.69) is 27.7 Å². The molecular weight excluding hydrogens is 364 g/mol. The molecule has 0 saturated heterocycles. The van der Waals surface area contributed by atoms with Gasteiger partial charge in [-0.05, 0) is 43.7 Å². The average molecular weight is 405 g/mol. The maximum absolute atomic E-state index is 12.7. The highest BCUT2D eigenvalue weighted by molar-refractivity contribution is 6.03. The summed E-state index contributed by atoms with van der Waals surface area (Å²) in [6.07, 6.45) is 8.60. The fraction of sp³-hybridized carbons (Fsp3) is 0.680. The van der Waals surface area contributed by atoms with Crippen molar-refractivity contribution in [3.63, 3.8) is 0 Å². The van der Waals surface area contributed by atoms with Crippen LogP contribution in [0.5, 0.6) is 0 Å². The van der Waals surface area contributed by atoms with Crippen LogP contribution >= 0.6 is 0 Å². The first kappa shape index (κ1) is 25.2. The number of esters is 2. The van der Waals surface area contributed by atoms with Crippen LogP contribution in [0.4, 0.5) is 0 Å². The van der Waals surface area contributed by atoms with Crippen molar-refractivity contribution >= 4 is 11.9 Å². The Kier molecular flexibility index (Phi) is 12.3. The van der Waals surface area contributed by atoms with E-state index in [1.165, 1.54) is 0 Å². The van der Waals surface area contributed by atoms with Gasteiger partial charge in [-0.1, -0.05) is 77.8 Å². The number of hydrogen-bond donors (Lipinski definition) is 0. The zero-order chi connectivity index (χ0) is 21.6. The molecule has 0 aliphatic rings. The van der Waals surface area contributed by atoms with Crippen molar-refractivity contribution in [3.8, 4) is 0 Å². The molecule has 0 bridgehead atoms. The molecule has 0 saturated carbocycles. The Hall–Kier alpha value is -1.84. The summed E-state index contributed by atoms with van der Waals surface area (Å²) in [6.45, 7) is 11.2. The molecule has 2 unspecified atom stereocenters. The van der Waals surface area contributed by atoms with E-state index in [9.17, 15) is 9.59 Å². The van der Waals surface area contributed by atoms with Crippen LogP contribution in [-0.2, 0) is 9.47 Å². The smallest absolute Gasteiger partial charge is 0.339 e. The predicted octanol–water partition coefficient (Wildman–Crippen LogP) is 6.74. The highest BCUT2D eigenvalue weighted by Gasteiger charge is 2.21. The number of benzene rings is 1. The first-order valence-electron chi connectivity index (χ1n) is 11.4. The monoisotopic (exact) mass is 404 g/mol. The maximum Gasteiger partial charge on any atom is 0.339 e. The molecule has 0 amide bonds. The molecule has 0 aliphatic heterocycles. The van der Waals surface area contributed by atoms with Crippen molar-refractivity contribution in [2.24, 2.45) is 11.8 Å². The molecule has 4 nitrogen and oxygen atoms in total. The number of carbonyl (C=O) groups is 2. The van der Waals surface area contributed by atoms with Gasteiger partial charge in [0, 0.05) is 0 Å². The Morgan fingerprint density at radius 1 is 0.793 bits per heavy atom. The summed E-state index contributed by atoms with van der Waals surface area (Å²) >= 11 is 0. The van der Waals surface area contributed by atoms with Crippen molar-refractivity contribution in [2.45, 2.75) is 86.0 Å². The van der Waals surface area contributed by atoms with Crippen LogP contribution in [0, 0.1) is 18.8 Å². The van der Waals surface area contributed by atoms with Gasteiger partial charge in [-0.2, -0.15) is 0 Å². The summed E-state index contributed by atoms with van der Waals surface area (Å²) in [5.41, 5.74) is 1.52. The summed E-state index contributed by atoms with van der Waals surface area (Å²) in [6, 6.07) is 5.23. The number of rotatable bonds is 14. The van der Waals surface area contributed by atoms with E-state index in [0.717, 1.165) is 56.9 Å². The lowest BCUT2D eigenvalue weighted by atomic mass is 10.00. The Labute approximate surface area is 177 Å². The highest BCUT2D eigenvalue weighted by Crippen LogP contribution is 2.19. The molecule has 0 radical (unpaired) electrons. The molecule has 0 heterocycles. The van der Waals surface area contributed by atoms with Gasteiger partial charge in [-0.25, -0.2) is 9.59 Å². The normalized spacial score (nSPS) is 13.0. The van der Waals surface area contributed by atoms with E-state index in [-0.39, 0.29) is 0 Å². The quantitative estimate of drug-likeness (QED) is 0.322. The van der Waals surface area contributed by atoms with Gasteiger partial charge in [-0.3, -0.25) is 0 Å². The van der Waals surface area contributed by atoms with Gasteiger partial charge in [-0.15, -0.1) is 0 Å². The molecule has 0 spiro atoms. The molecule has 0 aromatic heterocycles. The van der Waals surface area contributed by atoms with Gasteiger partial charge in [0.1, 0.15) is 0 Å². The lowest BCUT2D eigenvalue weighted by Gasteiger charge is -2.17. The van der Waals surface area contributed by atoms with E-state index in [4.69, 9.17) is 9.47 Å². The van der Waals surface area contributed by atoms with Gasteiger partial charge >= 0.3 is 11.9 Å². The minimum atomic E-state index is -0.440. The van der Waals surface area contributed by atoms with Gasteiger partial charge in [0.2, 0.25) is 0 Å². The van der Waals surface area contributed by atoms with E-state index in [1.807, 2.05) is 13.0 Å². The van der Waals surface area contributed by atoms with Crippen LogP contribution in [0.2, 0.25) is 0 Å². The molecule has 2 atom stereocenters. The number of carbonyl (C=O) groups excluding carboxylic acids is 2. The molecule has 4 heteroatoms. The van der Waals surface area contributed by atoms with Crippen molar-refractivity contribution in [3.05, 3.63) is 34.9 Å². The molecular formula is C25H40O4. The number of ether oxygens (including phenoxy) is 2. The summed E-state index contributed by atoms with van der Waals surface area (Å²) < 4.78 is 11.1. The van der Waals surface area contributed by atoms with Crippen molar-refractivity contribution in [2.75, 3.05) is 13.2 Å². The molecule has 1 aromatic rings. The molecule has 0 fully saturated rings. The van der Waals surface area contributed by atoms with E-state index in [0.29, 0.717) is 36.2 Å². The summed E-state index contributed by atoms with van der Waals surface area (Å²) in [5, 5.41) is 0. The summed E-state index contributed by atoms with van der Waals surface area (Å²) in [5.74, 6) is -0.148. The van der Waals surface area contributed by atoms with Crippen LogP contribution in [0.25, 0.3) is 0 Å². The van der Waals surface area contributed by atoms with Crippen molar-refractivity contribution in [1.82, 2.24) is 0 Å². The Bertz CT molecular complexity index is 623. The van der Waals surface area contributed by atoms with E-state index < -0.39 is 11.9 Å². The third-order valence-corrected chi connectivity index (χ3v) is 5.60. The molecule has 29 heavy (non-hydrogen) atoms. The number of hydrogen-bond acceptors (Lipinski definition) is 4. The molecule has 1 rings (SSSR count). The molecule has 0 N–H and O–H groups in total. The van der Waals surface area contributed by atoms with Gasteiger partial charge in [0.05, 0.1) is 24.3 Å². The first-order valence-corrected chi connectivity index (χ1v) is 11.4. The van der Waals surface area contributed by atoms with Gasteiger partial charge < -0.3 is 9.47 Å². The second-order valence-corrected chi connectivity index (χ2v) is 8.08. The van der Waals surface area contributed by atoms with Crippen LogP contribution in [0.3, 0.4) is 0 Å². The summed E-state index contributed by atoms with van der Waals surface area (Å²) in [4.78, 5) is 25.4. The SMILES string of the molecule is CCCCC(CC)COC(=O)c1ccc(C)cc1C(=O)OCC(CC)CCCC. The topological polar surface area (TPSA) is 52.6 Å². The fourth-order valence-electron chi connectivity index (χ4n) is 3.34. The molecule has 1 aromatic carbocycles. The van der Waals surface area contributed by atoms with Crippen LogP contribution < -0.4 is 0 Å². The van der Waals surface area contributed by atoms with Gasteiger partial charge in [0.25, 0.3) is 0 Å². The van der Waals surface area contributed by atoms with E-state index in [1.54, 1.807) is 12.1 Å². The number of unbranched alkanes of at least 4 members (excludes halogenated alkanes) is 2. The second-order valence-electron chi connectivity index (χ2n) is 8.08. The lowest BCUT2D eigenvalue weighted by Crippen LogP contribution is -2.19. The number of aryl methyl sites for hydroxylation is 1. The Balaban J connectivity index is 2.79. The highest BCUT2D eigenvalue weighted by atomic mass is 16.5. The largest absolute Gasteiger partial charge is 0.462 e. The third kappa shape index (κ3) is 9.01. The first-order chi connectivity index (χ1) is 14.0. The average Bonchev–Trinajstić information content (AvgIpc) is 2.73. The van der Waals surface area contributed by atoms with Crippen molar-refractivity contribution < 1.29 is 19.1 Å². The Morgan fingerprint density at radius 3 is 1.72 bits per heavy atom. The van der Waals surface area contributed by atoms with Crippen molar-refractivity contribution in [1.29, 1.82) is 0 Å².